The minimum absolute atomic E-state index is 0.148. The maximum absolute atomic E-state index is 11.2. The number of fused-ring (bicyclic) bond motifs is 7. The second-order valence-corrected chi connectivity index (χ2v) is 9.86. The molecule has 0 amide bonds. The largest absolute Gasteiger partial charge is 0.507 e. The van der Waals surface area contributed by atoms with Crippen molar-refractivity contribution in [1.29, 1.82) is 0 Å². The van der Waals surface area contributed by atoms with Gasteiger partial charge in [0.25, 0.3) is 0 Å². The Kier molecular flexibility index (Phi) is 4.81. The molecule has 2 aromatic heterocycles. The van der Waals surface area contributed by atoms with Crippen LogP contribution < -0.4 is 9.47 Å². The topological polar surface area (TPSA) is 81.8 Å². The van der Waals surface area contributed by atoms with Gasteiger partial charge in [-0.2, -0.15) is 0 Å². The van der Waals surface area contributed by atoms with Gasteiger partial charge in [0.1, 0.15) is 23.6 Å². The molecule has 1 atom stereocenters. The number of benzene rings is 5. The molecule has 7 nitrogen and oxygen atoms in total. The van der Waals surface area contributed by atoms with Crippen LogP contribution in [-0.4, -0.2) is 31.8 Å². The number of methoxy groups -OCH3 is 1. The highest BCUT2D eigenvalue weighted by atomic mass is 16.5. The highest BCUT2D eigenvalue weighted by molar-refractivity contribution is 5.94. The van der Waals surface area contributed by atoms with Gasteiger partial charge in [-0.1, -0.05) is 72.8 Å². The second-order valence-electron chi connectivity index (χ2n) is 9.86. The molecule has 0 saturated carbocycles. The number of phenols is 1. The first-order chi connectivity index (χ1) is 19.7. The van der Waals surface area contributed by atoms with Gasteiger partial charge in [0.2, 0.25) is 5.88 Å². The summed E-state index contributed by atoms with van der Waals surface area (Å²) in [4.78, 5) is 9.64. The van der Waals surface area contributed by atoms with Crippen LogP contribution in [0.5, 0.6) is 23.1 Å². The molecule has 0 radical (unpaired) electrons. The van der Waals surface area contributed by atoms with E-state index in [1.807, 2.05) is 66.7 Å². The summed E-state index contributed by atoms with van der Waals surface area (Å²) in [7, 11) is 1.66. The van der Waals surface area contributed by atoms with Gasteiger partial charge in [0.05, 0.1) is 18.2 Å². The monoisotopic (exact) mass is 522 g/mol. The van der Waals surface area contributed by atoms with E-state index >= 15 is 0 Å². The summed E-state index contributed by atoms with van der Waals surface area (Å²) in [5, 5.41) is 19.8. The maximum atomic E-state index is 11.2. The van der Waals surface area contributed by atoms with Gasteiger partial charge in [0, 0.05) is 16.9 Å². The number of hydrogen-bond acceptors (Lipinski definition) is 6. The lowest BCUT2D eigenvalue weighted by Gasteiger charge is -2.29. The lowest BCUT2D eigenvalue weighted by molar-refractivity contribution is 0.414. The SMILES string of the molecule is COc1ccc([C@@H]2c3c(ccc4ccccc34)Oc3ncn4nc(-c5ccc6ccccc6c5O)nc4c32)cc1. The van der Waals surface area contributed by atoms with Crippen molar-refractivity contribution in [3.8, 4) is 34.5 Å². The van der Waals surface area contributed by atoms with Crippen LogP contribution in [0.2, 0.25) is 0 Å². The number of phenolic OH excluding ortho intramolecular Hbond substituents is 1. The van der Waals surface area contributed by atoms with E-state index < -0.39 is 0 Å². The Bertz CT molecular complexity index is 2100. The number of rotatable bonds is 3. The van der Waals surface area contributed by atoms with Crippen LogP contribution in [0, 0.1) is 0 Å². The predicted octanol–water partition coefficient (Wildman–Crippen LogP) is 7.10. The Morgan fingerprint density at radius 3 is 2.33 bits per heavy atom. The lowest BCUT2D eigenvalue weighted by Crippen LogP contribution is -2.15. The van der Waals surface area contributed by atoms with E-state index in [4.69, 9.17) is 19.6 Å². The first kappa shape index (κ1) is 22.5. The van der Waals surface area contributed by atoms with Gasteiger partial charge >= 0.3 is 0 Å². The third-order valence-electron chi connectivity index (χ3n) is 7.69. The maximum Gasteiger partial charge on any atom is 0.228 e. The van der Waals surface area contributed by atoms with Crippen LogP contribution in [0.3, 0.4) is 0 Å². The number of ether oxygens (including phenoxy) is 2. The summed E-state index contributed by atoms with van der Waals surface area (Å²) in [6, 6.07) is 32.0. The number of nitrogens with zero attached hydrogens (tertiary/aromatic N) is 4. The van der Waals surface area contributed by atoms with Crippen LogP contribution >= 0.6 is 0 Å². The minimum Gasteiger partial charge on any atom is -0.507 e. The summed E-state index contributed by atoms with van der Waals surface area (Å²) in [5.74, 6) is 2.36. The van der Waals surface area contributed by atoms with E-state index in [1.165, 1.54) is 0 Å². The van der Waals surface area contributed by atoms with Crippen LogP contribution in [0.15, 0.2) is 103 Å². The third-order valence-corrected chi connectivity index (χ3v) is 7.69. The van der Waals surface area contributed by atoms with Gasteiger partial charge < -0.3 is 14.6 Å². The first-order valence-electron chi connectivity index (χ1n) is 13.0. The van der Waals surface area contributed by atoms with Crippen molar-refractivity contribution in [2.75, 3.05) is 7.11 Å². The standard InChI is InChI=1S/C33H22N4O3/c1-39-22-14-10-21(11-15-22)27-28-23-8-4-2-6-19(23)13-17-26(28)40-33-29(27)32-35-31(36-37(32)18-34-33)25-16-12-20-7-3-5-9-24(20)30(25)38/h2-18,27,38H,1H3/t27-/m1/s1. The first-order valence-corrected chi connectivity index (χ1v) is 13.0. The van der Waals surface area contributed by atoms with Gasteiger partial charge in [-0.3, -0.25) is 0 Å². The summed E-state index contributed by atoms with van der Waals surface area (Å²) in [5.41, 5.74) is 4.09. The van der Waals surface area contributed by atoms with E-state index in [-0.39, 0.29) is 11.7 Å². The fraction of sp³-hybridized carbons (Fsp3) is 0.0606. The van der Waals surface area contributed by atoms with E-state index in [0.717, 1.165) is 49.7 Å². The van der Waals surface area contributed by atoms with Gasteiger partial charge in [-0.05, 0) is 46.0 Å². The minimum atomic E-state index is -0.228. The molecule has 1 aliphatic heterocycles. The fourth-order valence-corrected chi connectivity index (χ4v) is 5.78. The summed E-state index contributed by atoms with van der Waals surface area (Å²) in [6.45, 7) is 0. The fourth-order valence-electron chi connectivity index (χ4n) is 5.78. The Morgan fingerprint density at radius 2 is 1.52 bits per heavy atom. The molecular weight excluding hydrogens is 500 g/mol. The summed E-state index contributed by atoms with van der Waals surface area (Å²) < 4.78 is 13.5. The quantitative estimate of drug-likeness (QED) is 0.267. The predicted molar refractivity (Wildman–Crippen MR) is 153 cm³/mol. The van der Waals surface area contributed by atoms with Gasteiger partial charge in [0.15, 0.2) is 11.5 Å². The summed E-state index contributed by atoms with van der Waals surface area (Å²) >= 11 is 0. The van der Waals surface area contributed by atoms with Crippen molar-refractivity contribution >= 4 is 27.2 Å². The summed E-state index contributed by atoms with van der Waals surface area (Å²) in [6.07, 6.45) is 1.61. The van der Waals surface area contributed by atoms with Crippen molar-refractivity contribution in [3.63, 3.8) is 0 Å². The molecule has 7 aromatic rings. The van der Waals surface area contributed by atoms with Crippen molar-refractivity contribution in [1.82, 2.24) is 19.6 Å². The van der Waals surface area contributed by atoms with E-state index in [1.54, 1.807) is 18.0 Å². The molecule has 0 spiro atoms. The Balaban J connectivity index is 1.40. The highest BCUT2D eigenvalue weighted by Crippen LogP contribution is 2.50. The number of aromatic nitrogens is 4. The van der Waals surface area contributed by atoms with E-state index in [9.17, 15) is 5.11 Å². The van der Waals surface area contributed by atoms with E-state index in [0.29, 0.717) is 22.9 Å². The molecule has 0 bridgehead atoms. The molecule has 0 saturated heterocycles. The molecule has 7 heteroatoms. The Hall–Kier alpha value is -5.43. The zero-order valence-electron chi connectivity index (χ0n) is 21.4. The molecule has 1 N–H and O–H groups in total. The molecular formula is C33H22N4O3. The van der Waals surface area contributed by atoms with E-state index in [2.05, 4.69) is 35.3 Å². The average molecular weight is 523 g/mol. The molecule has 3 heterocycles. The molecule has 40 heavy (non-hydrogen) atoms. The van der Waals surface area contributed by atoms with Crippen LogP contribution in [-0.2, 0) is 0 Å². The van der Waals surface area contributed by atoms with Crippen molar-refractivity contribution in [3.05, 3.63) is 120 Å². The smallest absolute Gasteiger partial charge is 0.228 e. The molecule has 192 valence electrons. The van der Waals surface area contributed by atoms with Crippen LogP contribution in [0.4, 0.5) is 0 Å². The molecule has 0 aliphatic carbocycles. The van der Waals surface area contributed by atoms with Crippen LogP contribution in [0.25, 0.3) is 38.6 Å². The molecule has 8 rings (SSSR count). The number of hydrogen-bond donors (Lipinski definition) is 1. The molecule has 0 fully saturated rings. The second kappa shape index (κ2) is 8.54. The lowest BCUT2D eigenvalue weighted by atomic mass is 9.81. The van der Waals surface area contributed by atoms with Crippen LogP contribution in [0.1, 0.15) is 22.6 Å². The number of aromatic hydroxyl groups is 1. The van der Waals surface area contributed by atoms with Crippen molar-refractivity contribution in [2.24, 2.45) is 0 Å². The van der Waals surface area contributed by atoms with Crippen molar-refractivity contribution in [2.45, 2.75) is 5.92 Å². The Morgan fingerprint density at radius 1 is 0.800 bits per heavy atom. The van der Waals surface area contributed by atoms with Gasteiger partial charge in [-0.25, -0.2) is 14.5 Å². The average Bonchev–Trinajstić information content (AvgIpc) is 3.44. The molecule has 1 aliphatic rings. The highest BCUT2D eigenvalue weighted by Gasteiger charge is 2.35. The Labute approximate surface area is 228 Å². The third kappa shape index (κ3) is 3.27. The normalized spacial score (nSPS) is 14.2. The molecule has 0 unspecified atom stereocenters. The zero-order chi connectivity index (χ0) is 26.8. The van der Waals surface area contributed by atoms with Crippen molar-refractivity contribution < 1.29 is 14.6 Å². The molecule has 5 aromatic carbocycles. The van der Waals surface area contributed by atoms with Gasteiger partial charge in [-0.15, -0.1) is 5.10 Å². The zero-order valence-corrected chi connectivity index (χ0v) is 21.4.